The van der Waals surface area contributed by atoms with Crippen molar-refractivity contribution in [1.29, 1.82) is 0 Å². The molecular weight excluding hydrogens is 284 g/mol. The number of carbonyl (C=O) groups is 1. The van der Waals surface area contributed by atoms with Crippen molar-refractivity contribution in [2.75, 3.05) is 0 Å². The second kappa shape index (κ2) is 4.70. The van der Waals surface area contributed by atoms with E-state index in [1.54, 1.807) is 0 Å². The molecule has 2 heterocycles. The van der Waals surface area contributed by atoms with Crippen molar-refractivity contribution < 1.29 is 9.90 Å². The third kappa shape index (κ3) is 2.23. The van der Waals surface area contributed by atoms with Gasteiger partial charge in [0.2, 0.25) is 0 Å². The van der Waals surface area contributed by atoms with Crippen LogP contribution in [0.5, 0.6) is 0 Å². The molecule has 3 aromatic rings. The maximum absolute atomic E-state index is 11.5. The maximum Gasteiger partial charge on any atom is 0.346 e. The molecular formula is C16H14N2O2S. The molecule has 2 aromatic heterocycles. The summed E-state index contributed by atoms with van der Waals surface area (Å²) in [5.41, 5.74) is 1.99. The van der Waals surface area contributed by atoms with E-state index in [0.717, 1.165) is 21.3 Å². The van der Waals surface area contributed by atoms with Gasteiger partial charge >= 0.3 is 5.97 Å². The summed E-state index contributed by atoms with van der Waals surface area (Å²) in [5, 5.41) is 15.0. The molecule has 0 radical (unpaired) electrons. The lowest BCUT2D eigenvalue weighted by Gasteiger charge is -2.03. The fraction of sp³-hybridized carbons (Fsp3) is 0.250. The van der Waals surface area contributed by atoms with Gasteiger partial charge in [0.15, 0.2) is 0 Å². The summed E-state index contributed by atoms with van der Waals surface area (Å²) >= 11 is 1.34. The topological polar surface area (TPSA) is 55.1 Å². The molecule has 0 spiro atoms. The van der Waals surface area contributed by atoms with Crippen LogP contribution in [0.2, 0.25) is 0 Å². The summed E-state index contributed by atoms with van der Waals surface area (Å²) in [5.74, 6) is -0.245. The molecule has 1 fully saturated rings. The fourth-order valence-corrected chi connectivity index (χ4v) is 3.71. The van der Waals surface area contributed by atoms with Gasteiger partial charge in [-0.1, -0.05) is 18.2 Å². The Balaban J connectivity index is 1.76. The molecule has 0 aliphatic heterocycles. The predicted octanol–water partition coefficient (Wildman–Crippen LogP) is 3.72. The molecule has 0 unspecified atom stereocenters. The largest absolute Gasteiger partial charge is 0.477 e. The Hall–Kier alpha value is -2.14. The standard InChI is InChI=1S/C16H14N2O2S/c19-16(20)15-12(11-3-1-2-4-14(11)21-15)9-18-8-7-13(17-18)10-5-6-10/h1-4,7-8,10H,5-6,9H2,(H,19,20). The first-order valence-electron chi connectivity index (χ1n) is 6.99. The number of thiophene rings is 1. The van der Waals surface area contributed by atoms with Crippen LogP contribution in [0.3, 0.4) is 0 Å². The average molecular weight is 298 g/mol. The molecule has 21 heavy (non-hydrogen) atoms. The number of benzene rings is 1. The molecule has 1 aromatic carbocycles. The highest BCUT2D eigenvalue weighted by molar-refractivity contribution is 7.21. The van der Waals surface area contributed by atoms with Crippen LogP contribution in [0.25, 0.3) is 10.1 Å². The third-order valence-electron chi connectivity index (χ3n) is 3.87. The van der Waals surface area contributed by atoms with E-state index >= 15 is 0 Å². The highest BCUT2D eigenvalue weighted by atomic mass is 32.1. The van der Waals surface area contributed by atoms with Crippen LogP contribution in [0.4, 0.5) is 0 Å². The molecule has 4 nitrogen and oxygen atoms in total. The molecule has 0 saturated heterocycles. The Morgan fingerprint density at radius 3 is 2.90 bits per heavy atom. The summed E-state index contributed by atoms with van der Waals surface area (Å²) in [4.78, 5) is 11.9. The number of carboxylic acid groups (broad SMARTS) is 1. The zero-order chi connectivity index (χ0) is 14.4. The molecule has 5 heteroatoms. The van der Waals surface area contributed by atoms with E-state index < -0.39 is 5.97 Å². The molecule has 1 aliphatic carbocycles. The Labute approximate surface area is 125 Å². The summed E-state index contributed by atoms with van der Waals surface area (Å²) in [6.07, 6.45) is 4.39. The molecule has 106 valence electrons. The minimum atomic E-state index is -0.860. The van der Waals surface area contributed by atoms with E-state index in [0.29, 0.717) is 17.3 Å². The predicted molar refractivity (Wildman–Crippen MR) is 82.1 cm³/mol. The molecule has 1 N–H and O–H groups in total. The van der Waals surface area contributed by atoms with Crippen molar-refractivity contribution in [2.45, 2.75) is 25.3 Å². The smallest absolute Gasteiger partial charge is 0.346 e. The van der Waals surface area contributed by atoms with Crippen molar-refractivity contribution in [2.24, 2.45) is 0 Å². The zero-order valence-electron chi connectivity index (χ0n) is 11.3. The number of hydrogen-bond acceptors (Lipinski definition) is 3. The number of nitrogens with zero attached hydrogens (tertiary/aromatic N) is 2. The fourth-order valence-electron chi connectivity index (χ4n) is 2.65. The molecule has 0 amide bonds. The Morgan fingerprint density at radius 2 is 2.14 bits per heavy atom. The van der Waals surface area contributed by atoms with Crippen molar-refractivity contribution in [1.82, 2.24) is 9.78 Å². The van der Waals surface area contributed by atoms with E-state index in [4.69, 9.17) is 0 Å². The highest BCUT2D eigenvalue weighted by Gasteiger charge is 2.26. The van der Waals surface area contributed by atoms with Gasteiger partial charge in [-0.05, 0) is 30.4 Å². The average Bonchev–Trinajstić information content (AvgIpc) is 3.12. The van der Waals surface area contributed by atoms with E-state index in [1.807, 2.05) is 41.2 Å². The van der Waals surface area contributed by atoms with Crippen molar-refractivity contribution in [3.8, 4) is 0 Å². The van der Waals surface area contributed by atoms with Gasteiger partial charge in [-0.15, -0.1) is 11.3 Å². The minimum absolute atomic E-state index is 0.416. The normalized spacial score (nSPS) is 14.7. The van der Waals surface area contributed by atoms with Crippen LogP contribution in [-0.4, -0.2) is 20.9 Å². The van der Waals surface area contributed by atoms with Gasteiger partial charge in [0.25, 0.3) is 0 Å². The van der Waals surface area contributed by atoms with Crippen LogP contribution in [0.1, 0.15) is 39.7 Å². The van der Waals surface area contributed by atoms with Crippen LogP contribution >= 0.6 is 11.3 Å². The first-order valence-corrected chi connectivity index (χ1v) is 7.81. The summed E-state index contributed by atoms with van der Waals surface area (Å²) in [6.45, 7) is 0.512. The third-order valence-corrected chi connectivity index (χ3v) is 5.07. The van der Waals surface area contributed by atoms with Crippen LogP contribution in [0.15, 0.2) is 36.5 Å². The quantitative estimate of drug-likeness (QED) is 0.798. The maximum atomic E-state index is 11.5. The van der Waals surface area contributed by atoms with E-state index in [-0.39, 0.29) is 0 Å². The van der Waals surface area contributed by atoms with Gasteiger partial charge in [0, 0.05) is 22.4 Å². The van der Waals surface area contributed by atoms with Gasteiger partial charge in [-0.25, -0.2) is 4.79 Å². The van der Waals surface area contributed by atoms with Gasteiger partial charge in [-0.3, -0.25) is 4.68 Å². The van der Waals surface area contributed by atoms with E-state index in [9.17, 15) is 9.90 Å². The summed E-state index contributed by atoms with van der Waals surface area (Å²) in [7, 11) is 0. The SMILES string of the molecule is O=C(O)c1sc2ccccc2c1Cn1ccc(C2CC2)n1. The molecule has 0 atom stereocenters. The lowest BCUT2D eigenvalue weighted by molar-refractivity contribution is 0.0701. The van der Waals surface area contributed by atoms with E-state index in [2.05, 4.69) is 5.10 Å². The Kier molecular flexibility index (Phi) is 2.82. The molecule has 4 rings (SSSR count). The van der Waals surface area contributed by atoms with Crippen molar-refractivity contribution >= 4 is 27.4 Å². The second-order valence-corrected chi connectivity index (χ2v) is 6.48. The van der Waals surface area contributed by atoms with Crippen LogP contribution < -0.4 is 0 Å². The Bertz CT molecular complexity index is 830. The van der Waals surface area contributed by atoms with Gasteiger partial charge in [0.05, 0.1) is 12.2 Å². The molecule has 0 bridgehead atoms. The first-order chi connectivity index (χ1) is 10.2. The monoisotopic (exact) mass is 298 g/mol. The van der Waals surface area contributed by atoms with E-state index in [1.165, 1.54) is 24.2 Å². The number of rotatable bonds is 4. The van der Waals surface area contributed by atoms with Crippen LogP contribution in [0, 0.1) is 0 Å². The van der Waals surface area contributed by atoms with Crippen molar-refractivity contribution in [3.05, 3.63) is 52.7 Å². The zero-order valence-corrected chi connectivity index (χ0v) is 12.1. The first kappa shape index (κ1) is 12.6. The van der Waals surface area contributed by atoms with Crippen molar-refractivity contribution in [3.63, 3.8) is 0 Å². The second-order valence-electron chi connectivity index (χ2n) is 5.42. The van der Waals surface area contributed by atoms with Gasteiger partial charge < -0.3 is 5.11 Å². The summed E-state index contributed by atoms with van der Waals surface area (Å²) < 4.78 is 2.87. The van der Waals surface area contributed by atoms with Crippen LogP contribution in [-0.2, 0) is 6.54 Å². The highest BCUT2D eigenvalue weighted by Crippen LogP contribution is 2.39. The Morgan fingerprint density at radius 1 is 1.33 bits per heavy atom. The molecule has 1 aliphatic rings. The number of aromatic carboxylic acids is 1. The van der Waals surface area contributed by atoms with Gasteiger partial charge in [0.1, 0.15) is 4.88 Å². The molecule has 1 saturated carbocycles. The summed E-state index contributed by atoms with van der Waals surface area (Å²) in [6, 6.07) is 9.89. The number of aromatic nitrogens is 2. The number of fused-ring (bicyclic) bond motifs is 1. The number of hydrogen-bond donors (Lipinski definition) is 1. The number of carboxylic acids is 1. The minimum Gasteiger partial charge on any atom is -0.477 e. The van der Waals surface area contributed by atoms with Gasteiger partial charge in [-0.2, -0.15) is 5.10 Å². The lowest BCUT2D eigenvalue weighted by Crippen LogP contribution is -2.05. The lowest BCUT2D eigenvalue weighted by atomic mass is 10.1.